The molecule has 1 aliphatic heterocycles. The van der Waals surface area contributed by atoms with Crippen LogP contribution in [0.2, 0.25) is 0 Å². The number of carbonyl (C=O) groups is 2. The minimum Gasteiger partial charge on any atom is -0.467 e. The summed E-state index contributed by atoms with van der Waals surface area (Å²) >= 11 is 0. The summed E-state index contributed by atoms with van der Waals surface area (Å²) in [6, 6.07) is 9.29. The number of hydrogen-bond acceptors (Lipinski definition) is 4. The molecule has 3 rings (SSSR count). The first-order valence-corrected chi connectivity index (χ1v) is 9.40. The number of ether oxygens (including phenoxy) is 2. The Kier molecular flexibility index (Phi) is 6.66. The van der Waals surface area contributed by atoms with Crippen LogP contribution in [0.5, 0.6) is 5.75 Å². The highest BCUT2D eigenvalue weighted by molar-refractivity contribution is 5.94. The van der Waals surface area contributed by atoms with E-state index in [-0.39, 0.29) is 24.4 Å². The molecule has 1 heterocycles. The summed E-state index contributed by atoms with van der Waals surface area (Å²) in [7, 11) is 0. The van der Waals surface area contributed by atoms with E-state index in [1.807, 2.05) is 0 Å². The number of benzene rings is 2. The Morgan fingerprint density at radius 1 is 1.14 bits per heavy atom. The van der Waals surface area contributed by atoms with Gasteiger partial charge in [-0.05, 0) is 42.3 Å². The van der Waals surface area contributed by atoms with E-state index in [1.165, 1.54) is 12.1 Å². The van der Waals surface area contributed by atoms with Gasteiger partial charge in [0.25, 0.3) is 0 Å². The van der Waals surface area contributed by atoms with Gasteiger partial charge in [0.2, 0.25) is 5.91 Å². The van der Waals surface area contributed by atoms with E-state index < -0.39 is 6.03 Å². The lowest BCUT2D eigenvalue weighted by molar-refractivity contribution is -0.118. The number of hydrogen-bond donors (Lipinski definition) is 3. The third-order valence-electron chi connectivity index (χ3n) is 4.34. The monoisotopic (exact) mass is 401 g/mol. The van der Waals surface area contributed by atoms with E-state index in [0.29, 0.717) is 47.8 Å². The highest BCUT2D eigenvalue weighted by Crippen LogP contribution is 2.29. The second kappa shape index (κ2) is 9.38. The Labute approximate surface area is 168 Å². The molecule has 3 amide bonds. The van der Waals surface area contributed by atoms with Gasteiger partial charge in [-0.25, -0.2) is 9.18 Å². The lowest BCUT2D eigenvalue weighted by atomic mass is 10.1. The predicted molar refractivity (Wildman–Crippen MR) is 107 cm³/mol. The Bertz CT molecular complexity index is 901. The average molecular weight is 401 g/mol. The van der Waals surface area contributed by atoms with Gasteiger partial charge >= 0.3 is 6.03 Å². The van der Waals surface area contributed by atoms with Crippen molar-refractivity contribution in [1.82, 2.24) is 5.32 Å². The van der Waals surface area contributed by atoms with Crippen LogP contribution in [-0.4, -0.2) is 25.3 Å². The van der Waals surface area contributed by atoms with Crippen LogP contribution in [0.1, 0.15) is 25.0 Å². The van der Waals surface area contributed by atoms with Crippen molar-refractivity contribution in [3.8, 4) is 5.75 Å². The first-order chi connectivity index (χ1) is 13.9. The summed E-state index contributed by atoms with van der Waals surface area (Å²) in [6.07, 6.45) is 0.415. The molecule has 0 saturated carbocycles. The van der Waals surface area contributed by atoms with E-state index >= 15 is 0 Å². The van der Waals surface area contributed by atoms with Gasteiger partial charge in [0.05, 0.1) is 6.61 Å². The molecular weight excluding hydrogens is 377 g/mol. The molecule has 154 valence electrons. The maximum atomic E-state index is 13.8. The highest BCUT2D eigenvalue weighted by Gasteiger charge is 2.17. The maximum Gasteiger partial charge on any atom is 0.319 e. The molecule has 8 heteroatoms. The summed E-state index contributed by atoms with van der Waals surface area (Å²) in [5.41, 5.74) is 2.50. The smallest absolute Gasteiger partial charge is 0.319 e. The SMILES string of the molecule is CC(C)C(=O)Nc1cccc(NC(=O)NCCc2cc(F)cc3c2OCOC3)c1. The maximum absolute atomic E-state index is 13.8. The number of fused-ring (bicyclic) bond motifs is 1. The van der Waals surface area contributed by atoms with Crippen LogP contribution in [0.15, 0.2) is 36.4 Å². The van der Waals surface area contributed by atoms with Crippen LogP contribution in [0.4, 0.5) is 20.6 Å². The first kappa shape index (κ1) is 20.6. The molecule has 0 unspecified atom stereocenters. The topological polar surface area (TPSA) is 88.7 Å². The molecule has 0 spiro atoms. The van der Waals surface area contributed by atoms with Crippen LogP contribution >= 0.6 is 0 Å². The predicted octanol–water partition coefficient (Wildman–Crippen LogP) is 3.65. The van der Waals surface area contributed by atoms with Crippen LogP contribution in [0.3, 0.4) is 0 Å². The Morgan fingerprint density at radius 3 is 2.66 bits per heavy atom. The fraction of sp³-hybridized carbons (Fsp3) is 0.333. The molecule has 29 heavy (non-hydrogen) atoms. The van der Waals surface area contributed by atoms with Gasteiger partial charge in [-0.2, -0.15) is 0 Å². The van der Waals surface area contributed by atoms with E-state index in [0.717, 1.165) is 0 Å². The molecule has 2 aromatic carbocycles. The van der Waals surface area contributed by atoms with E-state index in [1.54, 1.807) is 38.1 Å². The summed E-state index contributed by atoms with van der Waals surface area (Å²) in [5, 5.41) is 8.24. The van der Waals surface area contributed by atoms with Crippen LogP contribution < -0.4 is 20.7 Å². The third-order valence-corrected chi connectivity index (χ3v) is 4.34. The molecule has 2 aromatic rings. The minimum atomic E-state index is -0.396. The fourth-order valence-corrected chi connectivity index (χ4v) is 2.89. The van der Waals surface area contributed by atoms with Crippen LogP contribution in [-0.2, 0) is 22.6 Å². The third kappa shape index (κ3) is 5.68. The minimum absolute atomic E-state index is 0.0994. The normalized spacial score (nSPS) is 12.7. The van der Waals surface area contributed by atoms with Crippen LogP contribution in [0.25, 0.3) is 0 Å². The van der Waals surface area contributed by atoms with Crippen molar-refractivity contribution < 1.29 is 23.5 Å². The van der Waals surface area contributed by atoms with E-state index in [9.17, 15) is 14.0 Å². The molecule has 3 N–H and O–H groups in total. The fourth-order valence-electron chi connectivity index (χ4n) is 2.89. The van der Waals surface area contributed by atoms with Gasteiger partial charge in [-0.1, -0.05) is 19.9 Å². The number of amides is 3. The van der Waals surface area contributed by atoms with Crippen molar-refractivity contribution >= 4 is 23.3 Å². The largest absolute Gasteiger partial charge is 0.467 e. The van der Waals surface area contributed by atoms with E-state index in [4.69, 9.17) is 9.47 Å². The number of halogens is 1. The quantitative estimate of drug-likeness (QED) is 0.689. The molecule has 0 saturated heterocycles. The second-order valence-corrected chi connectivity index (χ2v) is 7.02. The molecule has 0 aliphatic carbocycles. The second-order valence-electron chi connectivity index (χ2n) is 7.02. The first-order valence-electron chi connectivity index (χ1n) is 9.40. The summed E-state index contributed by atoms with van der Waals surface area (Å²) in [5.74, 6) is 0.0164. The zero-order valence-electron chi connectivity index (χ0n) is 16.4. The Hall–Kier alpha value is -3.13. The molecule has 0 atom stereocenters. The van der Waals surface area contributed by atoms with Crippen molar-refractivity contribution in [1.29, 1.82) is 0 Å². The number of urea groups is 1. The Morgan fingerprint density at radius 2 is 1.90 bits per heavy atom. The zero-order chi connectivity index (χ0) is 20.8. The summed E-state index contributed by atoms with van der Waals surface area (Å²) < 4.78 is 24.4. The lowest BCUT2D eigenvalue weighted by Crippen LogP contribution is -2.30. The lowest BCUT2D eigenvalue weighted by Gasteiger charge is -2.21. The van der Waals surface area contributed by atoms with Gasteiger partial charge in [-0.15, -0.1) is 0 Å². The van der Waals surface area contributed by atoms with E-state index in [2.05, 4.69) is 16.0 Å². The molecule has 1 aliphatic rings. The standard InChI is InChI=1S/C21H24FN3O4/c1-13(2)20(26)24-17-4-3-5-18(10-17)25-21(27)23-7-6-14-8-16(22)9-15-11-28-12-29-19(14)15/h3-5,8-10,13H,6-7,11-12H2,1-2H3,(H,24,26)(H2,23,25,27). The molecular formula is C21H24FN3O4. The van der Waals surface area contributed by atoms with Crippen molar-refractivity contribution in [2.75, 3.05) is 24.0 Å². The number of carbonyl (C=O) groups excluding carboxylic acids is 2. The molecule has 0 aromatic heterocycles. The van der Waals surface area contributed by atoms with Gasteiger partial charge in [0.1, 0.15) is 11.6 Å². The Balaban J connectivity index is 1.53. The van der Waals surface area contributed by atoms with Crippen molar-refractivity contribution in [2.45, 2.75) is 26.9 Å². The highest BCUT2D eigenvalue weighted by atomic mass is 19.1. The number of anilines is 2. The molecule has 7 nitrogen and oxygen atoms in total. The zero-order valence-corrected chi connectivity index (χ0v) is 16.4. The molecule has 0 fully saturated rings. The van der Waals surface area contributed by atoms with Crippen molar-refractivity contribution in [3.63, 3.8) is 0 Å². The van der Waals surface area contributed by atoms with Gasteiger partial charge < -0.3 is 25.4 Å². The van der Waals surface area contributed by atoms with Crippen LogP contribution in [0, 0.1) is 11.7 Å². The average Bonchev–Trinajstić information content (AvgIpc) is 2.68. The molecule has 0 radical (unpaired) electrons. The summed E-state index contributed by atoms with van der Waals surface area (Å²) in [6.45, 7) is 4.34. The van der Waals surface area contributed by atoms with Gasteiger partial charge in [0.15, 0.2) is 6.79 Å². The molecule has 0 bridgehead atoms. The number of rotatable bonds is 6. The summed E-state index contributed by atoms with van der Waals surface area (Å²) in [4.78, 5) is 24.0. The van der Waals surface area contributed by atoms with Gasteiger partial charge in [0, 0.05) is 29.4 Å². The van der Waals surface area contributed by atoms with Crippen molar-refractivity contribution in [3.05, 3.63) is 53.3 Å². The van der Waals surface area contributed by atoms with Gasteiger partial charge in [-0.3, -0.25) is 4.79 Å². The number of nitrogens with one attached hydrogen (secondary N) is 3. The van der Waals surface area contributed by atoms with Crippen molar-refractivity contribution in [2.24, 2.45) is 5.92 Å².